The summed E-state index contributed by atoms with van der Waals surface area (Å²) < 4.78 is 31.8. The summed E-state index contributed by atoms with van der Waals surface area (Å²) in [4.78, 5) is 26.2. The number of hydrogen-bond acceptors (Lipinski definition) is 5. The predicted molar refractivity (Wildman–Crippen MR) is 115 cm³/mol. The van der Waals surface area contributed by atoms with Crippen LogP contribution in [0.3, 0.4) is 0 Å². The standard InChI is InChI=1S/C21H25ClN2O5S/c1-4-24(5-2)30(27,28)19-13-17(11-12-18(19)22)21(26)23(15-20(25)29-3)14-16-9-7-6-8-10-16/h6-13H,4-5,14-15H2,1-3H3. The summed E-state index contributed by atoms with van der Waals surface area (Å²) in [7, 11) is -2.62. The Morgan fingerprint density at radius 2 is 1.67 bits per heavy atom. The van der Waals surface area contributed by atoms with Crippen molar-refractivity contribution in [2.24, 2.45) is 0 Å². The zero-order valence-corrected chi connectivity index (χ0v) is 18.7. The molecule has 1 amide bonds. The Bertz CT molecular complexity index is 992. The lowest BCUT2D eigenvalue weighted by Gasteiger charge is -2.23. The van der Waals surface area contributed by atoms with Crippen LogP contribution in [-0.2, 0) is 26.1 Å². The molecule has 0 aliphatic carbocycles. The maximum absolute atomic E-state index is 13.2. The topological polar surface area (TPSA) is 84.0 Å². The highest BCUT2D eigenvalue weighted by atomic mass is 35.5. The van der Waals surface area contributed by atoms with Crippen molar-refractivity contribution in [1.29, 1.82) is 0 Å². The van der Waals surface area contributed by atoms with Crippen LogP contribution in [0.2, 0.25) is 5.02 Å². The van der Waals surface area contributed by atoms with Gasteiger partial charge in [0.15, 0.2) is 0 Å². The van der Waals surface area contributed by atoms with Gasteiger partial charge in [-0.15, -0.1) is 0 Å². The van der Waals surface area contributed by atoms with Crippen LogP contribution in [0, 0.1) is 0 Å². The first-order valence-corrected chi connectivity index (χ1v) is 11.3. The molecule has 30 heavy (non-hydrogen) atoms. The molecule has 0 fully saturated rings. The Morgan fingerprint density at radius 3 is 2.23 bits per heavy atom. The van der Waals surface area contributed by atoms with Crippen LogP contribution in [0.25, 0.3) is 0 Å². The summed E-state index contributed by atoms with van der Waals surface area (Å²) in [6, 6.07) is 13.2. The minimum absolute atomic E-state index is 0.0287. The molecule has 162 valence electrons. The maximum atomic E-state index is 13.2. The van der Waals surface area contributed by atoms with Gasteiger partial charge in [-0.1, -0.05) is 55.8 Å². The number of rotatable bonds is 9. The molecule has 0 atom stereocenters. The smallest absolute Gasteiger partial charge is 0.325 e. The molecule has 0 aliphatic rings. The first-order chi connectivity index (χ1) is 14.2. The number of amides is 1. The fraction of sp³-hybridized carbons (Fsp3) is 0.333. The van der Waals surface area contributed by atoms with Crippen molar-refractivity contribution in [2.45, 2.75) is 25.3 Å². The molecule has 2 aromatic rings. The van der Waals surface area contributed by atoms with E-state index in [0.717, 1.165) is 5.56 Å². The fourth-order valence-electron chi connectivity index (χ4n) is 2.94. The van der Waals surface area contributed by atoms with E-state index in [1.54, 1.807) is 13.8 Å². The second-order valence-corrected chi connectivity index (χ2v) is 8.77. The quantitative estimate of drug-likeness (QED) is 0.545. The van der Waals surface area contributed by atoms with E-state index in [-0.39, 0.29) is 41.7 Å². The van der Waals surface area contributed by atoms with E-state index in [4.69, 9.17) is 16.3 Å². The molecule has 0 aliphatic heterocycles. The average molecular weight is 453 g/mol. The van der Waals surface area contributed by atoms with Gasteiger partial charge in [0, 0.05) is 25.2 Å². The molecule has 0 aromatic heterocycles. The van der Waals surface area contributed by atoms with Gasteiger partial charge in [0.2, 0.25) is 10.0 Å². The van der Waals surface area contributed by atoms with Crippen LogP contribution in [0.1, 0.15) is 29.8 Å². The fourth-order valence-corrected chi connectivity index (χ4v) is 4.90. The molecule has 0 heterocycles. The van der Waals surface area contributed by atoms with E-state index < -0.39 is 21.9 Å². The number of ether oxygens (including phenoxy) is 1. The monoisotopic (exact) mass is 452 g/mol. The van der Waals surface area contributed by atoms with Gasteiger partial charge in [0.1, 0.15) is 11.4 Å². The Kier molecular flexibility index (Phi) is 8.40. The second-order valence-electron chi connectivity index (χ2n) is 6.46. The van der Waals surface area contributed by atoms with Crippen molar-refractivity contribution >= 4 is 33.5 Å². The third-order valence-electron chi connectivity index (χ3n) is 4.55. The zero-order chi connectivity index (χ0) is 22.3. The first-order valence-electron chi connectivity index (χ1n) is 9.44. The van der Waals surface area contributed by atoms with Gasteiger partial charge in [-0.05, 0) is 23.8 Å². The van der Waals surface area contributed by atoms with Crippen molar-refractivity contribution in [3.8, 4) is 0 Å². The third-order valence-corrected chi connectivity index (χ3v) is 7.08. The molecule has 0 unspecified atom stereocenters. The summed E-state index contributed by atoms with van der Waals surface area (Å²) in [6.07, 6.45) is 0. The van der Waals surface area contributed by atoms with Gasteiger partial charge in [-0.3, -0.25) is 9.59 Å². The minimum atomic E-state index is -3.86. The summed E-state index contributed by atoms with van der Waals surface area (Å²) in [5, 5.41) is 0.0287. The van der Waals surface area contributed by atoms with Crippen molar-refractivity contribution in [3.63, 3.8) is 0 Å². The SMILES string of the molecule is CCN(CC)S(=O)(=O)c1cc(C(=O)N(CC(=O)OC)Cc2ccccc2)ccc1Cl. The van der Waals surface area contributed by atoms with Crippen LogP contribution in [0.4, 0.5) is 0 Å². The molecule has 9 heteroatoms. The lowest BCUT2D eigenvalue weighted by molar-refractivity contribution is -0.141. The summed E-state index contributed by atoms with van der Waals surface area (Å²) in [5.41, 5.74) is 0.935. The van der Waals surface area contributed by atoms with Crippen LogP contribution >= 0.6 is 11.6 Å². The van der Waals surface area contributed by atoms with Gasteiger partial charge in [0.05, 0.1) is 12.1 Å². The summed E-state index contributed by atoms with van der Waals surface area (Å²) in [5.74, 6) is -1.08. The lowest BCUT2D eigenvalue weighted by Crippen LogP contribution is -2.36. The Morgan fingerprint density at radius 1 is 1.03 bits per heavy atom. The van der Waals surface area contributed by atoms with Gasteiger partial charge in [-0.2, -0.15) is 4.31 Å². The normalized spacial score (nSPS) is 11.4. The molecule has 0 saturated carbocycles. The minimum Gasteiger partial charge on any atom is -0.468 e. The second kappa shape index (κ2) is 10.6. The number of carbonyl (C=O) groups excluding carboxylic acids is 2. The van der Waals surface area contributed by atoms with E-state index in [0.29, 0.717) is 0 Å². The largest absolute Gasteiger partial charge is 0.468 e. The van der Waals surface area contributed by atoms with E-state index >= 15 is 0 Å². The predicted octanol–water partition coefficient (Wildman–Crippen LogP) is 3.19. The van der Waals surface area contributed by atoms with E-state index in [9.17, 15) is 18.0 Å². The van der Waals surface area contributed by atoms with Crippen molar-refractivity contribution in [1.82, 2.24) is 9.21 Å². The highest BCUT2D eigenvalue weighted by Crippen LogP contribution is 2.26. The molecule has 7 nitrogen and oxygen atoms in total. The molecular formula is C21H25ClN2O5S. The number of hydrogen-bond donors (Lipinski definition) is 0. The molecule has 0 bridgehead atoms. The average Bonchev–Trinajstić information content (AvgIpc) is 2.74. The van der Waals surface area contributed by atoms with Crippen molar-refractivity contribution < 1.29 is 22.7 Å². The number of benzene rings is 2. The lowest BCUT2D eigenvalue weighted by atomic mass is 10.1. The molecular weight excluding hydrogens is 428 g/mol. The van der Waals surface area contributed by atoms with Crippen LogP contribution in [-0.4, -0.2) is 56.2 Å². The number of sulfonamides is 1. The zero-order valence-electron chi connectivity index (χ0n) is 17.2. The number of halogens is 1. The number of methoxy groups -OCH3 is 1. The maximum Gasteiger partial charge on any atom is 0.325 e. The van der Waals surface area contributed by atoms with Crippen LogP contribution < -0.4 is 0 Å². The van der Waals surface area contributed by atoms with Gasteiger partial charge in [-0.25, -0.2) is 8.42 Å². The van der Waals surface area contributed by atoms with Crippen LogP contribution in [0.15, 0.2) is 53.4 Å². The number of carbonyl (C=O) groups is 2. The highest BCUT2D eigenvalue weighted by Gasteiger charge is 2.27. The number of esters is 1. The molecule has 0 N–H and O–H groups in total. The molecule has 2 aromatic carbocycles. The van der Waals surface area contributed by atoms with Gasteiger partial charge >= 0.3 is 5.97 Å². The highest BCUT2D eigenvalue weighted by molar-refractivity contribution is 7.89. The van der Waals surface area contributed by atoms with E-state index in [1.165, 1.54) is 34.5 Å². The van der Waals surface area contributed by atoms with Crippen molar-refractivity contribution in [2.75, 3.05) is 26.7 Å². The molecule has 2 rings (SSSR count). The Hall–Kier alpha value is -2.42. The molecule has 0 radical (unpaired) electrons. The number of nitrogens with zero attached hydrogens (tertiary/aromatic N) is 2. The Balaban J connectivity index is 2.43. The van der Waals surface area contributed by atoms with Gasteiger partial charge in [0.25, 0.3) is 5.91 Å². The van der Waals surface area contributed by atoms with Crippen molar-refractivity contribution in [3.05, 3.63) is 64.7 Å². The molecule has 0 saturated heterocycles. The third kappa shape index (κ3) is 5.59. The Labute approximate surface area is 182 Å². The van der Waals surface area contributed by atoms with E-state index in [2.05, 4.69) is 0 Å². The summed E-state index contributed by atoms with van der Waals surface area (Å²) >= 11 is 6.15. The van der Waals surface area contributed by atoms with Crippen LogP contribution in [0.5, 0.6) is 0 Å². The van der Waals surface area contributed by atoms with E-state index in [1.807, 2.05) is 30.3 Å². The van der Waals surface area contributed by atoms with Gasteiger partial charge < -0.3 is 9.64 Å². The summed E-state index contributed by atoms with van der Waals surface area (Å²) in [6.45, 7) is 3.88. The molecule has 0 spiro atoms. The first kappa shape index (κ1) is 23.9.